The molecular weight excluding hydrogens is 546 g/mol. The number of allylic oxidation sites excluding steroid dienone is 1. The van der Waals surface area contributed by atoms with Gasteiger partial charge >= 0.3 is 0 Å². The van der Waals surface area contributed by atoms with E-state index in [4.69, 9.17) is 31.2 Å². The number of aromatic nitrogens is 3. The number of nitrogens with zero attached hydrogens (tertiary/aromatic N) is 3. The minimum absolute atomic E-state index is 0.262. The fourth-order valence-electron chi connectivity index (χ4n) is 4.51. The number of benzene rings is 3. The van der Waals surface area contributed by atoms with Crippen molar-refractivity contribution in [1.82, 2.24) is 14.8 Å². The lowest BCUT2D eigenvalue weighted by atomic mass is 9.95. The van der Waals surface area contributed by atoms with Crippen LogP contribution in [0.5, 0.6) is 11.5 Å². The summed E-state index contributed by atoms with van der Waals surface area (Å²) in [6, 6.07) is 22.3. The summed E-state index contributed by atoms with van der Waals surface area (Å²) in [6.07, 6.45) is 0. The Morgan fingerprint density at radius 3 is 2.50 bits per heavy atom. The van der Waals surface area contributed by atoms with Gasteiger partial charge in [-0.1, -0.05) is 65.8 Å². The number of nitrogens with one attached hydrogen (secondary N) is 2. The lowest BCUT2D eigenvalue weighted by molar-refractivity contribution is -0.113. The van der Waals surface area contributed by atoms with Crippen LogP contribution in [0.15, 0.2) is 89.2 Å². The zero-order chi connectivity index (χ0) is 28.1. The number of rotatable bonds is 10. The van der Waals surface area contributed by atoms with Crippen LogP contribution < -0.4 is 20.1 Å². The highest BCUT2D eigenvalue weighted by atomic mass is 35.5. The fourth-order valence-corrected chi connectivity index (χ4v) is 5.62. The normalized spacial score (nSPS) is 14.3. The minimum Gasteiger partial charge on any atom is -0.494 e. The Bertz CT molecular complexity index is 1540. The zero-order valence-corrected chi connectivity index (χ0v) is 24.1. The molecule has 0 radical (unpaired) electrons. The second-order valence-electron chi connectivity index (χ2n) is 8.99. The van der Waals surface area contributed by atoms with Gasteiger partial charge in [0.2, 0.25) is 11.1 Å². The number of hydrogen-bond donors (Lipinski definition) is 2. The van der Waals surface area contributed by atoms with E-state index in [-0.39, 0.29) is 5.91 Å². The van der Waals surface area contributed by atoms with Crippen LogP contribution in [-0.2, 0) is 10.5 Å². The summed E-state index contributed by atoms with van der Waals surface area (Å²) in [7, 11) is 0. The van der Waals surface area contributed by atoms with Crippen LogP contribution in [0.25, 0.3) is 0 Å². The summed E-state index contributed by atoms with van der Waals surface area (Å²) in [6.45, 7) is 6.78. The Morgan fingerprint density at radius 2 is 1.75 bits per heavy atom. The third kappa shape index (κ3) is 5.95. The summed E-state index contributed by atoms with van der Waals surface area (Å²) in [4.78, 5) is 18.6. The number of carbonyl (C=O) groups is 1. The first-order chi connectivity index (χ1) is 19.5. The molecule has 1 unspecified atom stereocenters. The Hall–Kier alpha value is -3.95. The topological polar surface area (TPSA) is 90.3 Å². The second kappa shape index (κ2) is 12.5. The Balaban J connectivity index is 1.49. The van der Waals surface area contributed by atoms with Crippen molar-refractivity contribution in [2.24, 2.45) is 0 Å². The standard InChI is InChI=1S/C30H30ClN5O3S/c1-4-38-22-16-14-20(15-17-22)27-26(28(37)33-24-12-8-9-13-25(24)39-5-2)19(3)32-29-34-30(35-36(27)29)40-18-21-10-6-7-11-23(21)31/h6-17,27H,4-5,18H2,1-3H3,(H,33,37)(H,32,34,35). The van der Waals surface area contributed by atoms with Gasteiger partial charge in [0.25, 0.3) is 5.91 Å². The first-order valence-electron chi connectivity index (χ1n) is 13.0. The molecule has 1 atom stereocenters. The summed E-state index contributed by atoms with van der Waals surface area (Å²) >= 11 is 7.84. The SMILES string of the molecule is CCOc1ccc(C2C(C(=O)Nc3ccccc3OCC)=C(C)Nc3nc(SCc4ccccc4Cl)nn32)cc1. The van der Waals surface area contributed by atoms with Crippen molar-refractivity contribution in [3.05, 3.63) is 100 Å². The van der Waals surface area contributed by atoms with Crippen molar-refractivity contribution in [1.29, 1.82) is 0 Å². The van der Waals surface area contributed by atoms with E-state index in [0.29, 0.717) is 57.8 Å². The summed E-state index contributed by atoms with van der Waals surface area (Å²) in [5, 5.41) is 12.4. The van der Waals surface area contributed by atoms with Gasteiger partial charge in [-0.25, -0.2) is 4.68 Å². The smallest absolute Gasteiger partial charge is 0.255 e. The van der Waals surface area contributed by atoms with Crippen LogP contribution in [-0.4, -0.2) is 33.9 Å². The molecule has 5 rings (SSSR count). The molecule has 2 heterocycles. The number of para-hydroxylation sites is 2. The molecule has 2 N–H and O–H groups in total. The molecule has 3 aromatic carbocycles. The van der Waals surface area contributed by atoms with E-state index in [9.17, 15) is 4.79 Å². The highest BCUT2D eigenvalue weighted by Gasteiger charge is 2.34. The largest absolute Gasteiger partial charge is 0.494 e. The van der Waals surface area contributed by atoms with E-state index >= 15 is 0 Å². The van der Waals surface area contributed by atoms with Gasteiger partial charge in [0.1, 0.15) is 17.5 Å². The quantitative estimate of drug-likeness (QED) is 0.198. The second-order valence-corrected chi connectivity index (χ2v) is 10.3. The number of ether oxygens (including phenoxy) is 2. The Kier molecular flexibility index (Phi) is 8.62. The molecule has 206 valence electrons. The summed E-state index contributed by atoms with van der Waals surface area (Å²) in [5.41, 5.74) is 3.69. The number of carbonyl (C=O) groups excluding carboxylic acids is 1. The van der Waals surface area contributed by atoms with Gasteiger partial charge in [-0.2, -0.15) is 4.98 Å². The van der Waals surface area contributed by atoms with E-state index < -0.39 is 6.04 Å². The summed E-state index contributed by atoms with van der Waals surface area (Å²) < 4.78 is 13.1. The first-order valence-corrected chi connectivity index (χ1v) is 14.4. The maximum Gasteiger partial charge on any atom is 0.255 e. The minimum atomic E-state index is -0.520. The fraction of sp³-hybridized carbons (Fsp3) is 0.233. The first kappa shape index (κ1) is 27.6. The van der Waals surface area contributed by atoms with Gasteiger partial charge in [0.15, 0.2) is 0 Å². The Labute approximate surface area is 242 Å². The molecule has 40 heavy (non-hydrogen) atoms. The predicted octanol–water partition coefficient (Wildman–Crippen LogP) is 6.95. The number of anilines is 2. The third-order valence-electron chi connectivity index (χ3n) is 6.33. The molecule has 1 aliphatic rings. The molecule has 0 fully saturated rings. The van der Waals surface area contributed by atoms with Crippen molar-refractivity contribution in [2.45, 2.75) is 37.7 Å². The number of halogens is 1. The van der Waals surface area contributed by atoms with Crippen LogP contribution in [0.2, 0.25) is 5.02 Å². The molecule has 1 aliphatic heterocycles. The lowest BCUT2D eigenvalue weighted by Gasteiger charge is -2.29. The van der Waals surface area contributed by atoms with Crippen LogP contribution in [0.1, 0.15) is 37.9 Å². The molecule has 0 saturated heterocycles. The van der Waals surface area contributed by atoms with Crippen molar-refractivity contribution in [2.75, 3.05) is 23.8 Å². The van der Waals surface area contributed by atoms with Crippen LogP contribution in [0.4, 0.5) is 11.6 Å². The number of hydrogen-bond acceptors (Lipinski definition) is 7. The molecule has 0 spiro atoms. The molecular formula is C30H30ClN5O3S. The lowest BCUT2D eigenvalue weighted by Crippen LogP contribution is -2.31. The maximum atomic E-state index is 13.9. The molecule has 10 heteroatoms. The Morgan fingerprint density at radius 1 is 1.02 bits per heavy atom. The van der Waals surface area contributed by atoms with E-state index in [1.165, 1.54) is 11.8 Å². The van der Waals surface area contributed by atoms with E-state index in [1.807, 2.05) is 93.6 Å². The highest BCUT2D eigenvalue weighted by molar-refractivity contribution is 7.98. The zero-order valence-electron chi connectivity index (χ0n) is 22.5. The molecule has 1 aromatic heterocycles. The monoisotopic (exact) mass is 575 g/mol. The van der Waals surface area contributed by atoms with Gasteiger partial charge in [-0.3, -0.25) is 4.79 Å². The molecule has 1 amide bonds. The molecule has 0 aliphatic carbocycles. The van der Waals surface area contributed by atoms with E-state index in [0.717, 1.165) is 16.9 Å². The number of thioether (sulfide) groups is 1. The van der Waals surface area contributed by atoms with Crippen LogP contribution in [0, 0.1) is 0 Å². The van der Waals surface area contributed by atoms with Gasteiger partial charge in [-0.15, -0.1) is 5.10 Å². The number of fused-ring (bicyclic) bond motifs is 1. The van der Waals surface area contributed by atoms with Crippen molar-refractivity contribution >= 4 is 40.9 Å². The van der Waals surface area contributed by atoms with Crippen LogP contribution >= 0.6 is 23.4 Å². The van der Waals surface area contributed by atoms with Gasteiger partial charge < -0.3 is 20.1 Å². The highest BCUT2D eigenvalue weighted by Crippen LogP contribution is 2.38. The van der Waals surface area contributed by atoms with Crippen molar-refractivity contribution in [3.8, 4) is 11.5 Å². The van der Waals surface area contributed by atoms with E-state index in [2.05, 4.69) is 10.6 Å². The predicted molar refractivity (Wildman–Crippen MR) is 159 cm³/mol. The van der Waals surface area contributed by atoms with Crippen LogP contribution in [0.3, 0.4) is 0 Å². The average molecular weight is 576 g/mol. The molecule has 8 nitrogen and oxygen atoms in total. The number of amides is 1. The van der Waals surface area contributed by atoms with Gasteiger partial charge in [0, 0.05) is 16.5 Å². The van der Waals surface area contributed by atoms with Gasteiger partial charge in [-0.05, 0) is 62.2 Å². The summed E-state index contributed by atoms with van der Waals surface area (Å²) in [5.74, 6) is 2.28. The molecule has 0 bridgehead atoms. The van der Waals surface area contributed by atoms with E-state index in [1.54, 1.807) is 4.68 Å². The third-order valence-corrected chi connectivity index (χ3v) is 7.59. The molecule has 4 aromatic rings. The van der Waals surface area contributed by atoms with Crippen molar-refractivity contribution in [3.63, 3.8) is 0 Å². The maximum absolute atomic E-state index is 13.9. The average Bonchev–Trinajstić information content (AvgIpc) is 3.36. The molecule has 0 saturated carbocycles. The van der Waals surface area contributed by atoms with Crippen molar-refractivity contribution < 1.29 is 14.3 Å². The van der Waals surface area contributed by atoms with Gasteiger partial charge in [0.05, 0.1) is 24.5 Å².